The summed E-state index contributed by atoms with van der Waals surface area (Å²) in [5.74, 6) is 0.924. The summed E-state index contributed by atoms with van der Waals surface area (Å²) in [7, 11) is 1.56. The van der Waals surface area contributed by atoms with E-state index in [9.17, 15) is 4.79 Å². The minimum Gasteiger partial charge on any atom is -0.493 e. The number of fused-ring (bicyclic) bond motifs is 1. The Hall–Kier alpha value is -2.76. The van der Waals surface area contributed by atoms with Crippen molar-refractivity contribution in [2.45, 2.75) is 26.0 Å². The van der Waals surface area contributed by atoms with Crippen LogP contribution in [0.3, 0.4) is 0 Å². The average Bonchev–Trinajstić information content (AvgIpc) is 2.71. The predicted molar refractivity (Wildman–Crippen MR) is 119 cm³/mol. The van der Waals surface area contributed by atoms with Crippen LogP contribution in [0.1, 0.15) is 35.8 Å². The molecule has 29 heavy (non-hydrogen) atoms. The van der Waals surface area contributed by atoms with E-state index in [1.54, 1.807) is 25.3 Å². The first-order valence-corrected chi connectivity index (χ1v) is 9.36. The van der Waals surface area contributed by atoms with Crippen LogP contribution in [0.25, 0.3) is 10.8 Å². The van der Waals surface area contributed by atoms with Crippen LogP contribution in [0.2, 0.25) is 0 Å². The van der Waals surface area contributed by atoms with Crippen LogP contribution in [-0.2, 0) is 0 Å². The van der Waals surface area contributed by atoms with Gasteiger partial charge in [0, 0.05) is 12.1 Å². The fourth-order valence-electron chi connectivity index (χ4n) is 3.10. The van der Waals surface area contributed by atoms with E-state index in [0.29, 0.717) is 23.6 Å². The highest BCUT2D eigenvalue weighted by molar-refractivity contribution is 5.95. The lowest BCUT2D eigenvalue weighted by molar-refractivity contribution is 0.0937. The summed E-state index contributed by atoms with van der Waals surface area (Å²) in [6.07, 6.45) is 0.0168. The summed E-state index contributed by atoms with van der Waals surface area (Å²) < 4.78 is 11.1. The minimum atomic E-state index is -0.283. The SMILES string of the molecule is COc1cc(C(=O)NC(CN)c2ccc3ccccc3c2)ccc1OC(C)C.Cl. The van der Waals surface area contributed by atoms with Gasteiger partial charge in [-0.3, -0.25) is 4.79 Å². The molecular formula is C23H27ClN2O3. The number of amides is 1. The Bertz CT molecular complexity index is 975. The largest absolute Gasteiger partial charge is 0.493 e. The molecule has 0 aliphatic heterocycles. The molecule has 0 heterocycles. The molecule has 3 aromatic rings. The molecule has 0 aromatic heterocycles. The van der Waals surface area contributed by atoms with Crippen molar-refractivity contribution >= 4 is 29.1 Å². The number of carbonyl (C=O) groups excluding carboxylic acids is 1. The van der Waals surface area contributed by atoms with E-state index < -0.39 is 0 Å². The van der Waals surface area contributed by atoms with E-state index >= 15 is 0 Å². The van der Waals surface area contributed by atoms with Crippen LogP contribution in [0.15, 0.2) is 60.7 Å². The van der Waals surface area contributed by atoms with Crippen LogP contribution >= 0.6 is 12.4 Å². The molecule has 0 radical (unpaired) electrons. The number of nitrogens with one attached hydrogen (secondary N) is 1. The minimum absolute atomic E-state index is 0. The highest BCUT2D eigenvalue weighted by Gasteiger charge is 2.17. The molecule has 0 fully saturated rings. The molecule has 5 nitrogen and oxygen atoms in total. The first-order valence-electron chi connectivity index (χ1n) is 9.36. The lowest BCUT2D eigenvalue weighted by Gasteiger charge is -2.19. The number of benzene rings is 3. The number of hydrogen-bond acceptors (Lipinski definition) is 4. The molecule has 0 aliphatic carbocycles. The molecule has 6 heteroatoms. The van der Waals surface area contributed by atoms with Crippen LogP contribution in [0.4, 0.5) is 0 Å². The summed E-state index contributed by atoms with van der Waals surface area (Å²) in [6, 6.07) is 19.1. The molecule has 1 amide bonds. The van der Waals surface area contributed by atoms with Gasteiger partial charge in [0.2, 0.25) is 0 Å². The third-order valence-electron chi connectivity index (χ3n) is 4.51. The maximum absolute atomic E-state index is 12.8. The molecule has 0 spiro atoms. The molecule has 0 bridgehead atoms. The second-order valence-electron chi connectivity index (χ2n) is 6.90. The third-order valence-corrected chi connectivity index (χ3v) is 4.51. The molecule has 0 aliphatic rings. The Labute approximate surface area is 177 Å². The van der Waals surface area contributed by atoms with Gasteiger partial charge < -0.3 is 20.5 Å². The second-order valence-corrected chi connectivity index (χ2v) is 6.90. The van der Waals surface area contributed by atoms with E-state index in [0.717, 1.165) is 16.3 Å². The highest BCUT2D eigenvalue weighted by Crippen LogP contribution is 2.29. The van der Waals surface area contributed by atoms with Gasteiger partial charge in [0.25, 0.3) is 5.91 Å². The molecule has 1 unspecified atom stereocenters. The Morgan fingerprint density at radius 1 is 1.00 bits per heavy atom. The van der Waals surface area contributed by atoms with Gasteiger partial charge in [-0.05, 0) is 54.4 Å². The summed E-state index contributed by atoms with van der Waals surface area (Å²) >= 11 is 0. The summed E-state index contributed by atoms with van der Waals surface area (Å²) in [5.41, 5.74) is 7.42. The fourth-order valence-corrected chi connectivity index (χ4v) is 3.10. The van der Waals surface area contributed by atoms with Crippen LogP contribution in [0.5, 0.6) is 11.5 Å². The monoisotopic (exact) mass is 414 g/mol. The number of hydrogen-bond donors (Lipinski definition) is 2. The van der Waals surface area contributed by atoms with Crippen molar-refractivity contribution in [1.29, 1.82) is 0 Å². The smallest absolute Gasteiger partial charge is 0.251 e. The normalized spacial score (nSPS) is 11.6. The van der Waals surface area contributed by atoms with Crippen LogP contribution < -0.4 is 20.5 Å². The van der Waals surface area contributed by atoms with Gasteiger partial charge in [-0.2, -0.15) is 0 Å². The van der Waals surface area contributed by atoms with Crippen molar-refractivity contribution in [3.63, 3.8) is 0 Å². The summed E-state index contributed by atoms with van der Waals surface area (Å²) in [5, 5.41) is 5.28. The van der Waals surface area contributed by atoms with Crippen LogP contribution in [0, 0.1) is 0 Å². The molecule has 1 atom stereocenters. The lowest BCUT2D eigenvalue weighted by atomic mass is 10.0. The summed E-state index contributed by atoms with van der Waals surface area (Å²) in [4.78, 5) is 12.8. The van der Waals surface area contributed by atoms with Gasteiger partial charge >= 0.3 is 0 Å². The molecule has 154 valence electrons. The zero-order valence-electron chi connectivity index (χ0n) is 16.8. The maximum atomic E-state index is 12.8. The maximum Gasteiger partial charge on any atom is 0.251 e. The number of halogens is 1. The standard InChI is InChI=1S/C23H26N2O3.ClH/c1-15(2)28-21-11-10-19(13-22(21)27-3)23(26)25-20(14-24)18-9-8-16-6-4-5-7-17(16)12-18;/h4-13,15,20H,14,24H2,1-3H3,(H,25,26);1H. The van der Waals surface area contributed by atoms with Gasteiger partial charge in [0.05, 0.1) is 19.3 Å². The lowest BCUT2D eigenvalue weighted by Crippen LogP contribution is -2.33. The second kappa shape index (κ2) is 10.1. The number of carbonyl (C=O) groups is 1. The number of rotatable bonds is 7. The number of nitrogens with two attached hydrogens (primary N) is 1. The van der Waals surface area contributed by atoms with Crippen molar-refractivity contribution in [3.8, 4) is 11.5 Å². The molecule has 0 saturated heterocycles. The predicted octanol–water partition coefficient (Wildman–Crippen LogP) is 4.49. The number of ether oxygens (including phenoxy) is 2. The Morgan fingerprint density at radius 2 is 1.72 bits per heavy atom. The van der Waals surface area contributed by atoms with E-state index in [2.05, 4.69) is 17.4 Å². The zero-order chi connectivity index (χ0) is 20.1. The first-order chi connectivity index (χ1) is 13.5. The molecule has 3 aromatic carbocycles. The Kier molecular flexibility index (Phi) is 7.88. The topological polar surface area (TPSA) is 73.6 Å². The van der Waals surface area contributed by atoms with Crippen molar-refractivity contribution in [3.05, 3.63) is 71.8 Å². The van der Waals surface area contributed by atoms with Crippen LogP contribution in [-0.4, -0.2) is 25.7 Å². The molecule has 3 rings (SSSR count). The first kappa shape index (κ1) is 22.5. The van der Waals surface area contributed by atoms with Gasteiger partial charge in [0.15, 0.2) is 11.5 Å². The quantitative estimate of drug-likeness (QED) is 0.597. The van der Waals surface area contributed by atoms with Gasteiger partial charge in [0.1, 0.15) is 0 Å². The van der Waals surface area contributed by atoms with E-state index in [1.165, 1.54) is 0 Å². The van der Waals surface area contributed by atoms with E-state index in [-0.39, 0.29) is 30.5 Å². The zero-order valence-corrected chi connectivity index (χ0v) is 17.7. The van der Waals surface area contributed by atoms with Crippen molar-refractivity contribution in [1.82, 2.24) is 5.32 Å². The molecule has 0 saturated carbocycles. The van der Waals surface area contributed by atoms with Crippen molar-refractivity contribution in [2.24, 2.45) is 5.73 Å². The number of methoxy groups -OCH3 is 1. The molecule has 3 N–H and O–H groups in total. The van der Waals surface area contributed by atoms with Gasteiger partial charge in [-0.1, -0.05) is 36.4 Å². The van der Waals surface area contributed by atoms with E-state index in [1.807, 2.05) is 44.2 Å². The van der Waals surface area contributed by atoms with Crippen molar-refractivity contribution < 1.29 is 14.3 Å². The third kappa shape index (κ3) is 5.40. The fraction of sp³-hybridized carbons (Fsp3) is 0.261. The summed E-state index contributed by atoms with van der Waals surface area (Å²) in [6.45, 7) is 4.18. The van der Waals surface area contributed by atoms with E-state index in [4.69, 9.17) is 15.2 Å². The highest BCUT2D eigenvalue weighted by atomic mass is 35.5. The van der Waals surface area contributed by atoms with Gasteiger partial charge in [-0.15, -0.1) is 12.4 Å². The Balaban J connectivity index is 0.00000300. The Morgan fingerprint density at radius 3 is 2.38 bits per heavy atom. The molecular weight excluding hydrogens is 388 g/mol. The van der Waals surface area contributed by atoms with Crippen molar-refractivity contribution in [2.75, 3.05) is 13.7 Å². The van der Waals surface area contributed by atoms with Gasteiger partial charge in [-0.25, -0.2) is 0 Å². The average molecular weight is 415 g/mol.